The lowest BCUT2D eigenvalue weighted by atomic mass is 9.43. The van der Waals surface area contributed by atoms with Crippen LogP contribution < -0.4 is 4.90 Å². The third-order valence-electron chi connectivity index (χ3n) is 15.0. The van der Waals surface area contributed by atoms with Gasteiger partial charge in [-0.25, -0.2) is 0 Å². The molecule has 0 N–H and O–H groups in total. The van der Waals surface area contributed by atoms with Crippen molar-refractivity contribution in [2.75, 3.05) is 4.90 Å². The molecule has 0 saturated heterocycles. The Morgan fingerprint density at radius 3 is 1.60 bits per heavy atom. The number of anilines is 3. The van der Waals surface area contributed by atoms with Crippen molar-refractivity contribution in [1.29, 1.82) is 0 Å². The summed E-state index contributed by atoms with van der Waals surface area (Å²) in [5.74, 6) is 3.16. The van der Waals surface area contributed by atoms with Gasteiger partial charge in [-0.3, -0.25) is 0 Å². The van der Waals surface area contributed by atoms with Crippen LogP contribution in [0.3, 0.4) is 0 Å². The molecule has 288 valence electrons. The summed E-state index contributed by atoms with van der Waals surface area (Å²) >= 11 is 0. The molecule has 0 atom stereocenters. The Morgan fingerprint density at radius 2 is 0.933 bits per heavy atom. The fraction of sp³-hybridized carbons (Fsp3) is 0.172. The van der Waals surface area contributed by atoms with E-state index in [4.69, 9.17) is 4.42 Å². The van der Waals surface area contributed by atoms with Crippen molar-refractivity contribution < 1.29 is 4.42 Å². The first kappa shape index (κ1) is 34.2. The molecule has 8 aromatic carbocycles. The Bertz CT molecular complexity index is 3020. The number of hydrogen-bond donors (Lipinski definition) is 0. The lowest BCUT2D eigenvalue weighted by molar-refractivity contribution is -0.0399. The highest BCUT2D eigenvalue weighted by Crippen LogP contribution is 2.70. The molecule has 60 heavy (non-hydrogen) atoms. The van der Waals surface area contributed by atoms with Crippen molar-refractivity contribution in [1.82, 2.24) is 0 Å². The van der Waals surface area contributed by atoms with Gasteiger partial charge < -0.3 is 9.32 Å². The van der Waals surface area contributed by atoms with Gasteiger partial charge in [-0.05, 0) is 166 Å². The topological polar surface area (TPSA) is 16.4 Å². The maximum atomic E-state index is 6.57. The van der Waals surface area contributed by atoms with Crippen LogP contribution in [0.2, 0.25) is 0 Å². The minimum atomic E-state index is 0.0626. The fourth-order valence-electron chi connectivity index (χ4n) is 12.8. The predicted octanol–water partition coefficient (Wildman–Crippen LogP) is 15.8. The highest BCUT2D eigenvalue weighted by atomic mass is 16.3. The van der Waals surface area contributed by atoms with Crippen LogP contribution in [0.15, 0.2) is 192 Å². The van der Waals surface area contributed by atoms with Gasteiger partial charge in [0.15, 0.2) is 0 Å². The highest BCUT2D eigenvalue weighted by molar-refractivity contribution is 6.06. The minimum absolute atomic E-state index is 0.0626. The molecule has 1 heterocycles. The third kappa shape index (κ3) is 5.13. The van der Waals surface area contributed by atoms with E-state index in [2.05, 4.69) is 193 Å². The van der Waals surface area contributed by atoms with Crippen LogP contribution in [0.25, 0.3) is 66.4 Å². The zero-order valence-corrected chi connectivity index (χ0v) is 33.6. The van der Waals surface area contributed by atoms with Crippen molar-refractivity contribution in [3.8, 4) is 44.5 Å². The number of rotatable bonds is 6. The van der Waals surface area contributed by atoms with Crippen molar-refractivity contribution >= 4 is 39.0 Å². The molecule has 2 heteroatoms. The molecular formula is C58H45NO. The number of hydrogen-bond acceptors (Lipinski definition) is 2. The van der Waals surface area contributed by atoms with Gasteiger partial charge in [0.2, 0.25) is 0 Å². The summed E-state index contributed by atoms with van der Waals surface area (Å²) in [7, 11) is 0. The number of para-hydroxylation sites is 1. The summed E-state index contributed by atoms with van der Waals surface area (Å²) in [5.41, 5.74) is 18.6. The van der Waals surface area contributed by atoms with Gasteiger partial charge >= 0.3 is 0 Å². The minimum Gasteiger partial charge on any atom is -0.456 e. The number of furan rings is 1. The largest absolute Gasteiger partial charge is 0.456 e. The van der Waals surface area contributed by atoms with E-state index in [1.807, 2.05) is 0 Å². The lowest BCUT2D eigenvalue weighted by Gasteiger charge is -2.61. The molecule has 4 fully saturated rings. The molecule has 14 rings (SSSR count). The van der Waals surface area contributed by atoms with Gasteiger partial charge in [-0.15, -0.1) is 0 Å². The van der Waals surface area contributed by atoms with E-state index in [-0.39, 0.29) is 5.41 Å². The van der Waals surface area contributed by atoms with Crippen LogP contribution in [0.5, 0.6) is 0 Å². The van der Waals surface area contributed by atoms with Crippen molar-refractivity contribution in [3.63, 3.8) is 0 Å². The average molecular weight is 772 g/mol. The average Bonchev–Trinajstić information content (AvgIpc) is 3.81. The summed E-state index contributed by atoms with van der Waals surface area (Å²) in [6.07, 6.45) is 6.90. The van der Waals surface area contributed by atoms with E-state index >= 15 is 0 Å². The Labute approximate surface area is 351 Å². The van der Waals surface area contributed by atoms with Gasteiger partial charge in [0.1, 0.15) is 11.2 Å². The lowest BCUT2D eigenvalue weighted by Crippen LogP contribution is -2.55. The van der Waals surface area contributed by atoms with Crippen LogP contribution in [-0.2, 0) is 5.41 Å². The summed E-state index contributed by atoms with van der Waals surface area (Å²) in [6.45, 7) is 0. The van der Waals surface area contributed by atoms with Crippen LogP contribution in [0.1, 0.15) is 43.2 Å². The second-order valence-corrected chi connectivity index (χ2v) is 18.1. The van der Waals surface area contributed by atoms with Gasteiger partial charge in [-0.2, -0.15) is 0 Å². The number of benzene rings is 8. The quantitative estimate of drug-likeness (QED) is 0.167. The summed E-state index contributed by atoms with van der Waals surface area (Å²) in [6, 6.07) is 69.9. The SMILES string of the molecule is c1ccc(-c2cc(-c3ccccc3)cc(N(c3ccc4c(c3)-c3ccc(-c5ccccc5)cc3C43C4CC5CC(C4)CC3C5)c3ccc4c(c3)oc3ccccc34)c2)cc1. The third-order valence-corrected chi connectivity index (χ3v) is 15.0. The summed E-state index contributed by atoms with van der Waals surface area (Å²) in [4.78, 5) is 2.48. The van der Waals surface area contributed by atoms with Gasteiger partial charge in [-0.1, -0.05) is 127 Å². The summed E-state index contributed by atoms with van der Waals surface area (Å²) < 4.78 is 6.57. The van der Waals surface area contributed by atoms with E-state index in [0.29, 0.717) is 11.8 Å². The Balaban J connectivity index is 1.05. The molecule has 0 amide bonds. The molecule has 0 aliphatic heterocycles. The van der Waals surface area contributed by atoms with Crippen LogP contribution in [0.4, 0.5) is 17.1 Å². The molecule has 0 radical (unpaired) electrons. The predicted molar refractivity (Wildman–Crippen MR) is 248 cm³/mol. The molecule has 1 spiro atoms. The van der Waals surface area contributed by atoms with E-state index < -0.39 is 0 Å². The van der Waals surface area contributed by atoms with E-state index in [1.54, 1.807) is 11.1 Å². The van der Waals surface area contributed by atoms with Gasteiger partial charge in [0.05, 0.1) is 0 Å². The van der Waals surface area contributed by atoms with Crippen molar-refractivity contribution in [2.45, 2.75) is 37.5 Å². The molecule has 0 unspecified atom stereocenters. The molecule has 5 aliphatic carbocycles. The first-order valence-corrected chi connectivity index (χ1v) is 22.0. The second kappa shape index (κ2) is 13.2. The molecule has 2 nitrogen and oxygen atoms in total. The van der Waals surface area contributed by atoms with Crippen molar-refractivity contribution in [3.05, 3.63) is 199 Å². The van der Waals surface area contributed by atoms with E-state index in [0.717, 1.165) is 50.8 Å². The Hall–Kier alpha value is -6.64. The first-order chi connectivity index (χ1) is 29.7. The zero-order chi connectivity index (χ0) is 39.4. The maximum absolute atomic E-state index is 6.57. The Kier molecular flexibility index (Phi) is 7.52. The highest BCUT2D eigenvalue weighted by Gasteiger charge is 2.61. The molecular weight excluding hydrogens is 727 g/mol. The normalized spacial score (nSPS) is 22.1. The van der Waals surface area contributed by atoms with Gasteiger partial charge in [0.25, 0.3) is 0 Å². The molecule has 9 aromatic rings. The molecule has 5 aliphatic rings. The van der Waals surface area contributed by atoms with Crippen LogP contribution in [0, 0.1) is 23.7 Å². The second-order valence-electron chi connectivity index (χ2n) is 18.1. The van der Waals surface area contributed by atoms with Crippen LogP contribution in [-0.4, -0.2) is 0 Å². The summed E-state index contributed by atoms with van der Waals surface area (Å²) in [5, 5.41) is 2.28. The van der Waals surface area contributed by atoms with Crippen molar-refractivity contribution in [2.24, 2.45) is 23.7 Å². The zero-order valence-electron chi connectivity index (χ0n) is 33.6. The molecule has 1 aromatic heterocycles. The smallest absolute Gasteiger partial charge is 0.137 e. The Morgan fingerprint density at radius 1 is 0.367 bits per heavy atom. The number of nitrogens with zero attached hydrogens (tertiary/aromatic N) is 1. The van der Waals surface area contributed by atoms with E-state index in [9.17, 15) is 0 Å². The maximum Gasteiger partial charge on any atom is 0.137 e. The first-order valence-electron chi connectivity index (χ1n) is 22.0. The molecule has 4 bridgehead atoms. The number of fused-ring (bicyclic) bond motifs is 6. The van der Waals surface area contributed by atoms with Gasteiger partial charge in [0, 0.05) is 39.3 Å². The monoisotopic (exact) mass is 771 g/mol. The van der Waals surface area contributed by atoms with E-state index in [1.165, 1.54) is 76.6 Å². The fourth-order valence-corrected chi connectivity index (χ4v) is 12.8. The standard InChI is InChI=1S/C58H45NO/c1-4-12-39(13-5-1)42-20-23-50-53-35-47(22-25-54(53)58(55(50)34-42)45-27-37-26-38(29-45)30-46(58)28-37)59(48-21-24-52-51-18-10-11-19-56(51)60-57(52)36-48)49-32-43(40-14-6-2-7-15-40)31-44(33-49)41-16-8-3-9-17-41/h1-25,31-38,45-46H,26-30H2. The molecule has 4 saturated carbocycles. The van der Waals surface area contributed by atoms with Crippen LogP contribution >= 0.6 is 0 Å².